The largest absolute Gasteiger partial charge is 0.481 e. The van der Waals surface area contributed by atoms with E-state index in [2.05, 4.69) is 20.5 Å². The zero-order valence-corrected chi connectivity index (χ0v) is 9.52. The van der Waals surface area contributed by atoms with Gasteiger partial charge in [0.1, 0.15) is 0 Å². The number of pyridine rings is 1. The van der Waals surface area contributed by atoms with Crippen molar-refractivity contribution in [1.82, 2.24) is 25.2 Å². The van der Waals surface area contributed by atoms with Gasteiger partial charge in [0.2, 0.25) is 0 Å². The second-order valence-electron chi connectivity index (χ2n) is 4.49. The number of aromatic nitrogens is 5. The molecule has 1 aliphatic rings. The molecular weight excluding hydrogens is 234 g/mol. The summed E-state index contributed by atoms with van der Waals surface area (Å²) in [6.07, 6.45) is 4.67. The summed E-state index contributed by atoms with van der Waals surface area (Å²) >= 11 is 0. The zero-order chi connectivity index (χ0) is 12.6. The zero-order valence-electron chi connectivity index (χ0n) is 9.52. The molecule has 7 nitrogen and oxygen atoms in total. The van der Waals surface area contributed by atoms with E-state index in [1.165, 1.54) is 4.68 Å². The van der Waals surface area contributed by atoms with Crippen LogP contribution in [-0.2, 0) is 11.3 Å². The highest BCUT2D eigenvalue weighted by molar-refractivity contribution is 5.77. The van der Waals surface area contributed by atoms with Gasteiger partial charge in [-0.3, -0.25) is 9.78 Å². The van der Waals surface area contributed by atoms with Crippen molar-refractivity contribution >= 4 is 5.97 Å². The Hall–Kier alpha value is -2.31. The summed E-state index contributed by atoms with van der Waals surface area (Å²) in [7, 11) is 0. The summed E-state index contributed by atoms with van der Waals surface area (Å²) < 4.78 is 1.54. The Balaban J connectivity index is 1.91. The Morgan fingerprint density at radius 3 is 2.94 bits per heavy atom. The lowest BCUT2D eigenvalue weighted by molar-refractivity contribution is -0.144. The number of hydrogen-bond donors (Lipinski definition) is 1. The topological polar surface area (TPSA) is 93.8 Å². The minimum absolute atomic E-state index is 0.305. The maximum atomic E-state index is 11.2. The van der Waals surface area contributed by atoms with Crippen LogP contribution in [0, 0.1) is 5.41 Å². The minimum Gasteiger partial charge on any atom is -0.481 e. The fraction of sp³-hybridized carbons (Fsp3) is 0.364. The summed E-state index contributed by atoms with van der Waals surface area (Å²) in [5, 5.41) is 20.6. The van der Waals surface area contributed by atoms with E-state index in [4.69, 9.17) is 5.11 Å². The summed E-state index contributed by atoms with van der Waals surface area (Å²) in [5.74, 6) is -0.231. The molecule has 7 heteroatoms. The summed E-state index contributed by atoms with van der Waals surface area (Å²) in [6, 6.07) is 3.63. The van der Waals surface area contributed by atoms with Gasteiger partial charge in [0.05, 0.1) is 12.0 Å². The molecule has 1 N–H and O–H groups in total. The molecule has 0 bridgehead atoms. The molecule has 0 aliphatic heterocycles. The molecule has 0 radical (unpaired) electrons. The normalized spacial score (nSPS) is 16.4. The molecule has 2 aromatic rings. The summed E-state index contributed by atoms with van der Waals surface area (Å²) in [4.78, 5) is 15.2. The van der Waals surface area contributed by atoms with Crippen molar-refractivity contribution in [1.29, 1.82) is 0 Å². The molecule has 2 aromatic heterocycles. The Kier molecular flexibility index (Phi) is 2.32. The summed E-state index contributed by atoms with van der Waals surface area (Å²) in [5.41, 5.74) is 0.0930. The molecule has 92 valence electrons. The standard InChI is InChI=1S/C11H11N5O2/c17-10(18)11(3-4-11)7-16-9(13-14-15-16)8-2-1-5-12-6-8/h1-2,5-6H,3-4,7H2,(H,17,18). The molecule has 0 unspecified atom stereocenters. The van der Waals surface area contributed by atoms with Crippen LogP contribution in [0.1, 0.15) is 12.8 Å². The molecular formula is C11H11N5O2. The predicted octanol–water partition coefficient (Wildman–Crippen LogP) is 0.600. The van der Waals surface area contributed by atoms with Crippen LogP contribution in [0.15, 0.2) is 24.5 Å². The average molecular weight is 245 g/mol. The lowest BCUT2D eigenvalue weighted by Crippen LogP contribution is -2.22. The molecule has 0 atom stereocenters. The van der Waals surface area contributed by atoms with E-state index in [1.807, 2.05) is 6.07 Å². The van der Waals surface area contributed by atoms with Gasteiger partial charge in [-0.1, -0.05) is 0 Å². The van der Waals surface area contributed by atoms with Gasteiger partial charge in [0.25, 0.3) is 0 Å². The van der Waals surface area contributed by atoms with Crippen LogP contribution in [-0.4, -0.2) is 36.3 Å². The number of carboxylic acid groups (broad SMARTS) is 1. The van der Waals surface area contributed by atoms with E-state index in [-0.39, 0.29) is 0 Å². The lowest BCUT2D eigenvalue weighted by Gasteiger charge is -2.10. The number of carboxylic acids is 1. The monoisotopic (exact) mass is 245 g/mol. The van der Waals surface area contributed by atoms with Crippen molar-refractivity contribution in [2.24, 2.45) is 5.41 Å². The van der Waals surface area contributed by atoms with Crippen molar-refractivity contribution < 1.29 is 9.90 Å². The van der Waals surface area contributed by atoms with Crippen LogP contribution in [0.25, 0.3) is 11.4 Å². The third-order valence-electron chi connectivity index (χ3n) is 3.21. The van der Waals surface area contributed by atoms with E-state index < -0.39 is 11.4 Å². The molecule has 0 aromatic carbocycles. The van der Waals surface area contributed by atoms with E-state index in [1.54, 1.807) is 18.5 Å². The highest BCUT2D eigenvalue weighted by Crippen LogP contribution is 2.47. The molecule has 0 spiro atoms. The summed E-state index contributed by atoms with van der Waals surface area (Å²) in [6.45, 7) is 0.305. The number of aliphatic carboxylic acids is 1. The predicted molar refractivity (Wildman–Crippen MR) is 60.4 cm³/mol. The van der Waals surface area contributed by atoms with Gasteiger partial charge in [-0.2, -0.15) is 0 Å². The van der Waals surface area contributed by atoms with Crippen molar-refractivity contribution in [2.45, 2.75) is 19.4 Å². The van der Waals surface area contributed by atoms with Crippen LogP contribution in [0.5, 0.6) is 0 Å². The van der Waals surface area contributed by atoms with Gasteiger partial charge in [0.15, 0.2) is 5.82 Å². The first-order chi connectivity index (χ1) is 8.71. The van der Waals surface area contributed by atoms with Gasteiger partial charge >= 0.3 is 5.97 Å². The number of nitrogens with zero attached hydrogens (tertiary/aromatic N) is 5. The average Bonchev–Trinajstić information content (AvgIpc) is 3.02. The highest BCUT2D eigenvalue weighted by Gasteiger charge is 2.51. The molecule has 0 amide bonds. The number of rotatable bonds is 4. The fourth-order valence-electron chi connectivity index (χ4n) is 1.89. The van der Waals surface area contributed by atoms with Crippen LogP contribution in [0.3, 0.4) is 0 Å². The van der Waals surface area contributed by atoms with Gasteiger partial charge in [-0.05, 0) is 35.4 Å². The second kappa shape index (κ2) is 3.86. The van der Waals surface area contributed by atoms with Gasteiger partial charge in [-0.25, -0.2) is 4.68 Å². The van der Waals surface area contributed by atoms with Crippen LogP contribution in [0.2, 0.25) is 0 Å². The molecule has 1 saturated carbocycles. The number of carbonyl (C=O) groups is 1. The number of hydrogen-bond acceptors (Lipinski definition) is 5. The van der Waals surface area contributed by atoms with E-state index in [0.29, 0.717) is 25.2 Å². The lowest BCUT2D eigenvalue weighted by atomic mass is 10.1. The van der Waals surface area contributed by atoms with E-state index >= 15 is 0 Å². The van der Waals surface area contributed by atoms with E-state index in [0.717, 1.165) is 5.56 Å². The molecule has 2 heterocycles. The first-order valence-corrected chi connectivity index (χ1v) is 5.61. The van der Waals surface area contributed by atoms with Gasteiger partial charge in [0, 0.05) is 18.0 Å². The third kappa shape index (κ3) is 1.73. The second-order valence-corrected chi connectivity index (χ2v) is 4.49. The molecule has 1 fully saturated rings. The number of tetrazole rings is 1. The molecule has 3 rings (SSSR count). The van der Waals surface area contributed by atoms with Crippen molar-refractivity contribution in [3.63, 3.8) is 0 Å². The highest BCUT2D eigenvalue weighted by atomic mass is 16.4. The Morgan fingerprint density at radius 1 is 1.50 bits per heavy atom. The van der Waals surface area contributed by atoms with E-state index in [9.17, 15) is 4.79 Å². The molecule has 0 saturated heterocycles. The smallest absolute Gasteiger partial charge is 0.311 e. The van der Waals surface area contributed by atoms with Crippen molar-refractivity contribution in [3.8, 4) is 11.4 Å². The van der Waals surface area contributed by atoms with Crippen molar-refractivity contribution in [2.75, 3.05) is 0 Å². The van der Waals surface area contributed by atoms with Crippen LogP contribution >= 0.6 is 0 Å². The van der Waals surface area contributed by atoms with Crippen molar-refractivity contribution in [3.05, 3.63) is 24.5 Å². The fourth-order valence-corrected chi connectivity index (χ4v) is 1.89. The Bertz CT molecular complexity index is 576. The maximum Gasteiger partial charge on any atom is 0.311 e. The quantitative estimate of drug-likeness (QED) is 0.847. The minimum atomic E-state index is -0.782. The molecule has 18 heavy (non-hydrogen) atoms. The van der Waals surface area contributed by atoms with Gasteiger partial charge in [-0.15, -0.1) is 5.10 Å². The third-order valence-corrected chi connectivity index (χ3v) is 3.21. The first kappa shape index (κ1) is 10.8. The first-order valence-electron chi connectivity index (χ1n) is 5.61. The molecule has 1 aliphatic carbocycles. The SMILES string of the molecule is O=C(O)C1(Cn2nnnc2-c2cccnc2)CC1. The Morgan fingerprint density at radius 2 is 2.33 bits per heavy atom. The van der Waals surface area contributed by atoms with Crippen LogP contribution < -0.4 is 0 Å². The Labute approximate surface area is 102 Å². The maximum absolute atomic E-state index is 11.2. The van der Waals surface area contributed by atoms with Crippen LogP contribution in [0.4, 0.5) is 0 Å². The van der Waals surface area contributed by atoms with Gasteiger partial charge < -0.3 is 5.11 Å².